The Bertz CT molecular complexity index is 3910. The smallest absolute Gasteiger partial charge is 0.0755 e. The summed E-state index contributed by atoms with van der Waals surface area (Å²) in [4.78, 5) is 2.54. The van der Waals surface area contributed by atoms with Gasteiger partial charge in [-0.05, 0) is 109 Å². The van der Waals surface area contributed by atoms with E-state index in [0.717, 1.165) is 17.1 Å². The van der Waals surface area contributed by atoms with Crippen molar-refractivity contribution in [3.05, 3.63) is 265 Å². The minimum absolute atomic E-state index is 0.570. The number of hydrogen-bond donors (Lipinski definition) is 0. The average molecular weight is 825 g/mol. The first kappa shape index (κ1) is 36.1. The second-order valence-corrected chi connectivity index (χ2v) is 17.6. The van der Waals surface area contributed by atoms with Crippen LogP contribution < -0.4 is 4.90 Å². The largest absolute Gasteiger partial charge is 0.309 e. The van der Waals surface area contributed by atoms with Crippen LogP contribution in [0, 0.1) is 0 Å². The van der Waals surface area contributed by atoms with Crippen molar-refractivity contribution in [2.75, 3.05) is 4.90 Å². The standard InChI is InChI=1S/C63H40N2/c1-2-17-41(18-3-1)43-20-14-21-44(39-43)49-23-7-11-31-57(49)64(46-37-38-48-45(40-46)36-35-42-19-4-5-22-47(42)48)60-34-16-29-55-61(60)52-25-6-9-27-53(52)63(55)54-28-10-13-33-59(54)65-58-32-12-8-24-50(58)51-26-15-30-56(63)62(51)65/h1-40H. The van der Waals surface area contributed by atoms with Crippen molar-refractivity contribution in [3.63, 3.8) is 0 Å². The zero-order chi connectivity index (χ0) is 42.6. The maximum Gasteiger partial charge on any atom is 0.0755 e. The van der Waals surface area contributed by atoms with Crippen molar-refractivity contribution in [1.82, 2.24) is 4.57 Å². The number of anilines is 3. The third-order valence-corrected chi connectivity index (χ3v) is 14.3. The molecule has 1 aliphatic carbocycles. The molecular weight excluding hydrogens is 785 g/mol. The number of fused-ring (bicyclic) bond motifs is 15. The van der Waals surface area contributed by atoms with Gasteiger partial charge in [-0.25, -0.2) is 0 Å². The van der Waals surface area contributed by atoms with E-state index in [1.54, 1.807) is 0 Å². The monoisotopic (exact) mass is 824 g/mol. The fourth-order valence-electron chi connectivity index (χ4n) is 11.7. The van der Waals surface area contributed by atoms with Gasteiger partial charge in [-0.2, -0.15) is 0 Å². The summed E-state index contributed by atoms with van der Waals surface area (Å²) in [5, 5.41) is 7.53. The minimum Gasteiger partial charge on any atom is -0.309 e. The van der Waals surface area contributed by atoms with Crippen LogP contribution in [-0.4, -0.2) is 4.57 Å². The van der Waals surface area contributed by atoms with E-state index < -0.39 is 5.41 Å². The molecule has 302 valence electrons. The molecule has 2 heteroatoms. The molecule has 2 aliphatic rings. The number of nitrogens with zero attached hydrogens (tertiary/aromatic N) is 2. The highest BCUT2D eigenvalue weighted by molar-refractivity contribution is 6.14. The second-order valence-electron chi connectivity index (χ2n) is 17.6. The van der Waals surface area contributed by atoms with Gasteiger partial charge in [0.25, 0.3) is 0 Å². The van der Waals surface area contributed by atoms with Crippen LogP contribution in [0.1, 0.15) is 22.3 Å². The van der Waals surface area contributed by atoms with Gasteiger partial charge in [-0.3, -0.25) is 0 Å². The molecule has 0 fully saturated rings. The molecule has 2 heterocycles. The molecule has 12 aromatic rings. The minimum atomic E-state index is -0.570. The van der Waals surface area contributed by atoms with Gasteiger partial charge in [0, 0.05) is 27.6 Å². The summed E-state index contributed by atoms with van der Waals surface area (Å²) in [6.45, 7) is 0. The van der Waals surface area contributed by atoms with Crippen LogP contribution in [0.5, 0.6) is 0 Å². The highest BCUT2D eigenvalue weighted by Crippen LogP contribution is 2.63. The predicted octanol–water partition coefficient (Wildman–Crippen LogP) is 16.6. The van der Waals surface area contributed by atoms with E-state index in [-0.39, 0.29) is 0 Å². The molecule has 0 amide bonds. The fourth-order valence-corrected chi connectivity index (χ4v) is 11.7. The molecule has 0 saturated heterocycles. The lowest BCUT2D eigenvalue weighted by molar-refractivity contribution is 0.748. The van der Waals surface area contributed by atoms with Crippen molar-refractivity contribution in [1.29, 1.82) is 0 Å². The quantitative estimate of drug-likeness (QED) is 0.157. The Labute approximate surface area is 377 Å². The number of aromatic nitrogens is 1. The van der Waals surface area contributed by atoms with E-state index in [1.165, 1.54) is 105 Å². The molecule has 14 rings (SSSR count). The van der Waals surface area contributed by atoms with Crippen LogP contribution in [0.4, 0.5) is 17.1 Å². The molecule has 1 spiro atoms. The molecule has 2 nitrogen and oxygen atoms in total. The molecule has 65 heavy (non-hydrogen) atoms. The molecule has 1 unspecified atom stereocenters. The number of para-hydroxylation sites is 4. The van der Waals surface area contributed by atoms with E-state index in [1.807, 2.05) is 0 Å². The molecule has 1 atom stereocenters. The molecule has 11 aromatic carbocycles. The lowest BCUT2D eigenvalue weighted by Gasteiger charge is -2.39. The lowest BCUT2D eigenvalue weighted by Crippen LogP contribution is -2.33. The van der Waals surface area contributed by atoms with E-state index >= 15 is 0 Å². The van der Waals surface area contributed by atoms with Gasteiger partial charge in [0.2, 0.25) is 0 Å². The molecule has 1 aromatic heterocycles. The maximum atomic E-state index is 2.54. The first-order valence-electron chi connectivity index (χ1n) is 22.6. The van der Waals surface area contributed by atoms with Gasteiger partial charge in [0.15, 0.2) is 0 Å². The molecule has 0 bridgehead atoms. The van der Waals surface area contributed by atoms with E-state index in [4.69, 9.17) is 0 Å². The fraction of sp³-hybridized carbons (Fsp3) is 0.0159. The van der Waals surface area contributed by atoms with Gasteiger partial charge in [-0.1, -0.05) is 200 Å². The summed E-state index contributed by atoms with van der Waals surface area (Å²) in [7, 11) is 0. The maximum absolute atomic E-state index is 2.54. The zero-order valence-corrected chi connectivity index (χ0v) is 35.5. The summed E-state index contributed by atoms with van der Waals surface area (Å²) in [5.41, 5.74) is 19.0. The first-order valence-corrected chi connectivity index (χ1v) is 22.6. The van der Waals surface area contributed by atoms with Gasteiger partial charge >= 0.3 is 0 Å². The van der Waals surface area contributed by atoms with Crippen molar-refractivity contribution in [2.24, 2.45) is 0 Å². The predicted molar refractivity (Wildman–Crippen MR) is 272 cm³/mol. The number of benzene rings is 11. The van der Waals surface area contributed by atoms with Crippen LogP contribution >= 0.6 is 0 Å². The van der Waals surface area contributed by atoms with Gasteiger partial charge in [0.05, 0.1) is 33.5 Å². The Kier molecular flexibility index (Phi) is 7.64. The number of rotatable bonds is 5. The third kappa shape index (κ3) is 4.99. The van der Waals surface area contributed by atoms with Gasteiger partial charge < -0.3 is 9.47 Å². The van der Waals surface area contributed by atoms with Crippen molar-refractivity contribution < 1.29 is 0 Å². The van der Waals surface area contributed by atoms with E-state index in [9.17, 15) is 0 Å². The Morgan fingerprint density at radius 3 is 1.88 bits per heavy atom. The SMILES string of the molecule is c1ccc(-c2cccc(-c3ccccc3N(c3ccc4c(ccc5ccccc54)c3)c3cccc4c3-c3ccccc3C43c4ccccc4-n4c5ccccc5c5cccc3c54)c2)cc1. The zero-order valence-electron chi connectivity index (χ0n) is 35.5. The third-order valence-electron chi connectivity index (χ3n) is 14.3. The van der Waals surface area contributed by atoms with Crippen molar-refractivity contribution in [2.45, 2.75) is 5.41 Å². The molecule has 0 radical (unpaired) electrons. The Morgan fingerprint density at radius 2 is 0.954 bits per heavy atom. The summed E-state index contributed by atoms with van der Waals surface area (Å²) in [6, 6.07) is 90.3. The van der Waals surface area contributed by atoms with Crippen LogP contribution in [-0.2, 0) is 5.41 Å². The van der Waals surface area contributed by atoms with E-state index in [0.29, 0.717) is 0 Å². The van der Waals surface area contributed by atoms with Gasteiger partial charge in [-0.15, -0.1) is 0 Å². The Balaban J connectivity index is 1.08. The molecular formula is C63H40N2. The summed E-state index contributed by atoms with van der Waals surface area (Å²) in [5.74, 6) is 0. The Morgan fingerprint density at radius 1 is 0.338 bits per heavy atom. The van der Waals surface area contributed by atoms with E-state index in [2.05, 4.69) is 252 Å². The summed E-state index contributed by atoms with van der Waals surface area (Å²) >= 11 is 0. The topological polar surface area (TPSA) is 8.17 Å². The summed E-state index contributed by atoms with van der Waals surface area (Å²) < 4.78 is 2.52. The van der Waals surface area contributed by atoms with Crippen LogP contribution in [0.25, 0.3) is 82.4 Å². The first-order chi connectivity index (χ1) is 32.3. The lowest BCUT2D eigenvalue weighted by atomic mass is 9.65. The molecule has 0 N–H and O–H groups in total. The summed E-state index contributed by atoms with van der Waals surface area (Å²) in [6.07, 6.45) is 0. The molecule has 1 aliphatic heterocycles. The average Bonchev–Trinajstić information content (AvgIpc) is 3.88. The number of hydrogen-bond acceptors (Lipinski definition) is 1. The second kappa shape index (κ2) is 13.8. The van der Waals surface area contributed by atoms with Crippen LogP contribution in [0.15, 0.2) is 243 Å². The highest BCUT2D eigenvalue weighted by atomic mass is 15.1. The van der Waals surface area contributed by atoms with Crippen molar-refractivity contribution >= 4 is 60.4 Å². The molecule has 0 saturated carbocycles. The highest BCUT2D eigenvalue weighted by Gasteiger charge is 2.51. The van der Waals surface area contributed by atoms with Crippen molar-refractivity contribution in [3.8, 4) is 39.1 Å². The Hall–Kier alpha value is -8.46. The van der Waals surface area contributed by atoms with Gasteiger partial charge in [0.1, 0.15) is 0 Å². The normalized spacial score (nSPS) is 14.5. The van der Waals surface area contributed by atoms with Crippen LogP contribution in [0.2, 0.25) is 0 Å². The van der Waals surface area contributed by atoms with Crippen LogP contribution in [0.3, 0.4) is 0 Å².